The van der Waals surface area contributed by atoms with Gasteiger partial charge >= 0.3 is 0 Å². The Kier molecular flexibility index (Phi) is 4.86. The molecule has 0 saturated carbocycles. The lowest BCUT2D eigenvalue weighted by molar-refractivity contribution is 0.241. The lowest BCUT2D eigenvalue weighted by Crippen LogP contribution is -2.35. The highest BCUT2D eigenvalue weighted by Crippen LogP contribution is 2.23. The molecule has 5 nitrogen and oxygen atoms in total. The Labute approximate surface area is 156 Å². The van der Waals surface area contributed by atoms with Crippen molar-refractivity contribution in [2.45, 2.75) is 26.4 Å². The van der Waals surface area contributed by atoms with Gasteiger partial charge in [0.25, 0.3) is 5.56 Å². The zero-order chi connectivity index (χ0) is 17.9. The molecule has 1 aliphatic rings. The van der Waals surface area contributed by atoms with Crippen molar-refractivity contribution in [1.82, 2.24) is 14.9 Å². The van der Waals surface area contributed by atoms with Gasteiger partial charge in [-0.15, -0.1) is 11.3 Å². The van der Waals surface area contributed by atoms with Crippen LogP contribution in [0.15, 0.2) is 46.6 Å². The van der Waals surface area contributed by atoms with Gasteiger partial charge in [0.15, 0.2) is 5.82 Å². The summed E-state index contributed by atoms with van der Waals surface area (Å²) in [5, 5.41) is 1.99. The van der Waals surface area contributed by atoms with Crippen molar-refractivity contribution >= 4 is 11.3 Å². The summed E-state index contributed by atoms with van der Waals surface area (Å²) in [4.78, 5) is 23.5. The Balaban J connectivity index is 1.50. The third-order valence-electron chi connectivity index (χ3n) is 4.54. The molecule has 1 aromatic carbocycles. The van der Waals surface area contributed by atoms with Gasteiger partial charge in [0.05, 0.1) is 22.7 Å². The van der Waals surface area contributed by atoms with Crippen LogP contribution < -0.4 is 10.3 Å². The molecule has 0 amide bonds. The topological polar surface area (TPSA) is 58.2 Å². The number of nitrogens with zero attached hydrogens (tertiary/aromatic N) is 2. The Bertz CT molecular complexity index is 933. The van der Waals surface area contributed by atoms with E-state index in [1.807, 2.05) is 36.6 Å². The van der Waals surface area contributed by atoms with Gasteiger partial charge in [0.2, 0.25) is 0 Å². The minimum absolute atomic E-state index is 0.0187. The van der Waals surface area contributed by atoms with Crippen LogP contribution in [-0.2, 0) is 19.5 Å². The molecule has 3 heterocycles. The van der Waals surface area contributed by atoms with Crippen LogP contribution in [0.4, 0.5) is 0 Å². The van der Waals surface area contributed by atoms with E-state index in [9.17, 15) is 4.79 Å². The molecule has 1 aliphatic heterocycles. The fourth-order valence-corrected chi connectivity index (χ4v) is 3.93. The number of fused-ring (bicyclic) bond motifs is 1. The number of H-pyrrole nitrogens is 1. The van der Waals surface area contributed by atoms with E-state index in [0.717, 1.165) is 41.4 Å². The minimum Gasteiger partial charge on any atom is -0.494 e. The highest BCUT2D eigenvalue weighted by atomic mass is 32.1. The van der Waals surface area contributed by atoms with E-state index in [2.05, 4.69) is 22.0 Å². The first-order valence-electron chi connectivity index (χ1n) is 8.83. The van der Waals surface area contributed by atoms with Gasteiger partial charge in [-0.25, -0.2) is 4.98 Å². The lowest BCUT2D eigenvalue weighted by atomic mass is 10.1. The van der Waals surface area contributed by atoms with Crippen LogP contribution in [0.2, 0.25) is 0 Å². The number of ether oxygens (including phenoxy) is 1. The molecular formula is C20H21N3O2S. The second kappa shape index (κ2) is 7.43. The van der Waals surface area contributed by atoms with Gasteiger partial charge in [-0.2, -0.15) is 0 Å². The number of benzene rings is 1. The highest BCUT2D eigenvalue weighted by Gasteiger charge is 2.21. The fraction of sp³-hybridized carbons (Fsp3) is 0.300. The smallest absolute Gasteiger partial charge is 0.255 e. The maximum atomic E-state index is 12.6. The average Bonchev–Trinajstić information content (AvgIpc) is 3.19. The molecule has 1 N–H and O–H groups in total. The second-order valence-corrected chi connectivity index (χ2v) is 7.30. The van der Waals surface area contributed by atoms with Gasteiger partial charge in [-0.05, 0) is 36.1 Å². The third kappa shape index (κ3) is 3.57. The normalized spacial score (nSPS) is 14.2. The predicted molar refractivity (Wildman–Crippen MR) is 104 cm³/mol. The first kappa shape index (κ1) is 17.0. The zero-order valence-corrected chi connectivity index (χ0v) is 15.5. The molecular weight excluding hydrogens is 346 g/mol. The van der Waals surface area contributed by atoms with Crippen LogP contribution in [0.3, 0.4) is 0 Å². The number of rotatable bonds is 5. The Hall–Kier alpha value is -2.44. The number of thiophene rings is 1. The molecule has 2 aromatic heterocycles. The van der Waals surface area contributed by atoms with Gasteiger partial charge in [0, 0.05) is 26.1 Å². The molecule has 0 spiro atoms. The van der Waals surface area contributed by atoms with Crippen LogP contribution in [0.5, 0.6) is 5.75 Å². The molecule has 26 heavy (non-hydrogen) atoms. The summed E-state index contributed by atoms with van der Waals surface area (Å²) in [6.45, 7) is 5.01. The van der Waals surface area contributed by atoms with Crippen LogP contribution in [0.1, 0.15) is 23.7 Å². The van der Waals surface area contributed by atoms with Gasteiger partial charge in [0.1, 0.15) is 5.75 Å². The highest BCUT2D eigenvalue weighted by molar-refractivity contribution is 7.13. The number of nitrogens with one attached hydrogen (secondary N) is 1. The first-order valence-corrected chi connectivity index (χ1v) is 9.71. The Morgan fingerprint density at radius 1 is 1.27 bits per heavy atom. The van der Waals surface area contributed by atoms with E-state index in [-0.39, 0.29) is 5.56 Å². The predicted octanol–water partition coefficient (Wildman–Crippen LogP) is 3.46. The molecule has 134 valence electrons. The lowest BCUT2D eigenvalue weighted by Gasteiger charge is -2.27. The van der Waals surface area contributed by atoms with Gasteiger partial charge in [-0.1, -0.05) is 18.2 Å². The van der Waals surface area contributed by atoms with E-state index in [0.29, 0.717) is 19.0 Å². The number of hydrogen-bond acceptors (Lipinski definition) is 5. The number of aromatic nitrogens is 2. The van der Waals surface area contributed by atoms with E-state index in [1.165, 1.54) is 5.56 Å². The summed E-state index contributed by atoms with van der Waals surface area (Å²) in [5.74, 6) is 1.57. The van der Waals surface area contributed by atoms with Crippen molar-refractivity contribution in [2.24, 2.45) is 0 Å². The molecule has 0 radical (unpaired) electrons. The van der Waals surface area contributed by atoms with E-state index in [4.69, 9.17) is 9.72 Å². The monoisotopic (exact) mass is 367 g/mol. The summed E-state index contributed by atoms with van der Waals surface area (Å²) in [6, 6.07) is 12.1. The van der Waals surface area contributed by atoms with Crippen LogP contribution >= 0.6 is 11.3 Å². The largest absolute Gasteiger partial charge is 0.494 e. The molecule has 4 rings (SSSR count). The minimum atomic E-state index is -0.0187. The SMILES string of the molecule is CCOc1ccc(CN2CCc3nc(-c4cccs4)[nH]c(=O)c3C2)cc1. The molecule has 0 aliphatic carbocycles. The quantitative estimate of drug-likeness (QED) is 0.750. The first-order chi connectivity index (χ1) is 12.7. The van der Waals surface area contributed by atoms with Crippen LogP contribution in [0.25, 0.3) is 10.7 Å². The standard InChI is InChI=1S/C20H21N3O2S/c1-2-25-15-7-5-14(6-8-15)12-23-10-9-17-16(13-23)20(24)22-19(21-17)18-4-3-11-26-18/h3-8,11H,2,9-10,12-13H2,1H3,(H,21,22,24). The molecule has 0 unspecified atom stereocenters. The summed E-state index contributed by atoms with van der Waals surface area (Å²) in [6.07, 6.45) is 0.800. The van der Waals surface area contributed by atoms with Crippen molar-refractivity contribution in [2.75, 3.05) is 13.2 Å². The molecule has 0 bridgehead atoms. The second-order valence-electron chi connectivity index (χ2n) is 6.35. The van der Waals surface area contributed by atoms with Crippen molar-refractivity contribution in [3.8, 4) is 16.5 Å². The van der Waals surface area contributed by atoms with Gasteiger partial charge < -0.3 is 9.72 Å². The summed E-state index contributed by atoms with van der Waals surface area (Å²) in [5.41, 5.74) is 2.92. The van der Waals surface area contributed by atoms with E-state index in [1.54, 1.807) is 11.3 Å². The molecule has 0 fully saturated rings. The molecule has 6 heteroatoms. The third-order valence-corrected chi connectivity index (χ3v) is 5.42. The average molecular weight is 367 g/mol. The maximum Gasteiger partial charge on any atom is 0.255 e. The number of aromatic amines is 1. The zero-order valence-electron chi connectivity index (χ0n) is 14.7. The maximum absolute atomic E-state index is 12.6. The summed E-state index contributed by atoms with van der Waals surface area (Å²) >= 11 is 1.59. The van der Waals surface area contributed by atoms with E-state index >= 15 is 0 Å². The number of hydrogen-bond donors (Lipinski definition) is 1. The van der Waals surface area contributed by atoms with Crippen molar-refractivity contribution in [3.05, 3.63) is 69.0 Å². The summed E-state index contributed by atoms with van der Waals surface area (Å²) < 4.78 is 5.49. The fourth-order valence-electron chi connectivity index (χ4n) is 3.26. The Morgan fingerprint density at radius 2 is 2.12 bits per heavy atom. The molecule has 0 atom stereocenters. The summed E-state index contributed by atoms with van der Waals surface area (Å²) in [7, 11) is 0. The van der Waals surface area contributed by atoms with Crippen molar-refractivity contribution in [1.29, 1.82) is 0 Å². The van der Waals surface area contributed by atoms with Crippen molar-refractivity contribution in [3.63, 3.8) is 0 Å². The van der Waals surface area contributed by atoms with Crippen LogP contribution in [-0.4, -0.2) is 28.0 Å². The van der Waals surface area contributed by atoms with E-state index < -0.39 is 0 Å². The van der Waals surface area contributed by atoms with Crippen LogP contribution in [0, 0.1) is 0 Å². The Morgan fingerprint density at radius 3 is 2.85 bits per heavy atom. The molecule has 0 saturated heterocycles. The molecule has 3 aromatic rings. The van der Waals surface area contributed by atoms with Crippen molar-refractivity contribution < 1.29 is 4.74 Å². The van der Waals surface area contributed by atoms with Gasteiger partial charge in [-0.3, -0.25) is 9.69 Å².